The first kappa shape index (κ1) is 22.0. The van der Waals surface area contributed by atoms with Gasteiger partial charge in [-0.15, -0.1) is 5.10 Å². The van der Waals surface area contributed by atoms with E-state index in [0.717, 1.165) is 22.3 Å². The predicted octanol–water partition coefficient (Wildman–Crippen LogP) is 4.20. The van der Waals surface area contributed by atoms with Crippen molar-refractivity contribution in [1.82, 2.24) is 29.4 Å². The van der Waals surface area contributed by atoms with Gasteiger partial charge in [0.05, 0.1) is 17.0 Å². The number of halogens is 1. The van der Waals surface area contributed by atoms with E-state index in [1.54, 1.807) is 4.52 Å². The number of thioether (sulfide) groups is 1. The largest absolute Gasteiger partial charge is 0.325 e. The lowest BCUT2D eigenvalue weighted by atomic mass is 10.2. The summed E-state index contributed by atoms with van der Waals surface area (Å²) in [5.74, 6) is 0.238. The fourth-order valence-corrected chi connectivity index (χ4v) is 4.48. The van der Waals surface area contributed by atoms with Crippen LogP contribution in [0.1, 0.15) is 17.2 Å². The van der Waals surface area contributed by atoms with Crippen molar-refractivity contribution < 1.29 is 9.18 Å². The van der Waals surface area contributed by atoms with Gasteiger partial charge in [0.1, 0.15) is 5.82 Å². The summed E-state index contributed by atoms with van der Waals surface area (Å²) in [5.41, 5.74) is 4.10. The van der Waals surface area contributed by atoms with Gasteiger partial charge < -0.3 is 5.32 Å². The third-order valence-corrected chi connectivity index (χ3v) is 6.23. The number of amides is 1. The quantitative estimate of drug-likeness (QED) is 0.280. The minimum atomic E-state index is -0.352. The van der Waals surface area contributed by atoms with Gasteiger partial charge in [0, 0.05) is 29.7 Å². The molecule has 0 aliphatic carbocycles. The molecule has 0 spiro atoms. The number of fused-ring (bicyclic) bond motifs is 3. The molecular weight excluding hydrogens is 453 g/mol. The summed E-state index contributed by atoms with van der Waals surface area (Å²) >= 11 is 1.27. The summed E-state index contributed by atoms with van der Waals surface area (Å²) in [6, 6.07) is 15.4. The highest BCUT2D eigenvalue weighted by Crippen LogP contribution is 2.24. The zero-order chi connectivity index (χ0) is 23.7. The van der Waals surface area contributed by atoms with Crippen LogP contribution < -0.4 is 5.32 Å². The standard InChI is InChI=1S/C24H22FN7OS/c1-15-13-16(2)31(29-15)12-11-21-28-23-19-5-3-4-6-20(19)27-24(32(23)30-21)34-14-22(33)26-18-9-7-17(25)8-10-18/h3-10,13H,11-12,14H2,1-2H3,(H,26,33). The highest BCUT2D eigenvalue weighted by Gasteiger charge is 2.15. The summed E-state index contributed by atoms with van der Waals surface area (Å²) in [7, 11) is 0. The van der Waals surface area contributed by atoms with Gasteiger partial charge in [-0.1, -0.05) is 23.9 Å². The molecule has 0 saturated carbocycles. The zero-order valence-corrected chi connectivity index (χ0v) is 19.5. The Balaban J connectivity index is 1.39. The number of aromatic nitrogens is 6. The molecule has 2 aromatic carbocycles. The van der Waals surface area contributed by atoms with Crippen LogP contribution in [0, 0.1) is 19.7 Å². The van der Waals surface area contributed by atoms with E-state index in [1.807, 2.05) is 48.9 Å². The van der Waals surface area contributed by atoms with Crippen LogP contribution in [0.2, 0.25) is 0 Å². The molecular formula is C24H22FN7OS. The first-order chi connectivity index (χ1) is 16.5. The Kier molecular flexibility index (Phi) is 5.97. The van der Waals surface area contributed by atoms with Gasteiger partial charge in [0.15, 0.2) is 16.6 Å². The fraction of sp³-hybridized carbons (Fsp3) is 0.208. The first-order valence-electron chi connectivity index (χ1n) is 10.8. The Morgan fingerprint density at radius 2 is 1.85 bits per heavy atom. The Labute approximate surface area is 199 Å². The zero-order valence-electron chi connectivity index (χ0n) is 18.7. The van der Waals surface area contributed by atoms with E-state index in [1.165, 1.54) is 36.0 Å². The molecule has 1 N–H and O–H groups in total. The normalized spacial score (nSPS) is 11.4. The molecule has 0 bridgehead atoms. The SMILES string of the molecule is Cc1cc(C)n(CCc2nc3c4ccccc4nc(SCC(=O)Nc4ccc(F)cc4)n3n2)n1. The van der Waals surface area contributed by atoms with E-state index < -0.39 is 0 Å². The molecule has 1 amide bonds. The number of hydrogen-bond donors (Lipinski definition) is 1. The maximum absolute atomic E-state index is 13.1. The van der Waals surface area contributed by atoms with Crippen molar-refractivity contribution >= 4 is 39.9 Å². The summed E-state index contributed by atoms with van der Waals surface area (Å²) < 4.78 is 16.8. The molecule has 0 aliphatic heterocycles. The van der Waals surface area contributed by atoms with Gasteiger partial charge in [-0.05, 0) is 56.3 Å². The molecule has 8 nitrogen and oxygen atoms in total. The van der Waals surface area contributed by atoms with Gasteiger partial charge in [-0.25, -0.2) is 14.4 Å². The maximum Gasteiger partial charge on any atom is 0.234 e. The smallest absolute Gasteiger partial charge is 0.234 e. The van der Waals surface area contributed by atoms with Crippen molar-refractivity contribution in [3.63, 3.8) is 0 Å². The predicted molar refractivity (Wildman–Crippen MR) is 129 cm³/mol. The van der Waals surface area contributed by atoms with Crippen molar-refractivity contribution in [3.8, 4) is 0 Å². The monoisotopic (exact) mass is 475 g/mol. The highest BCUT2D eigenvalue weighted by molar-refractivity contribution is 7.99. The van der Waals surface area contributed by atoms with Gasteiger partial charge >= 0.3 is 0 Å². The molecule has 0 saturated heterocycles. The van der Waals surface area contributed by atoms with Crippen LogP contribution in [0.15, 0.2) is 59.8 Å². The van der Waals surface area contributed by atoms with Gasteiger partial charge in [-0.2, -0.15) is 9.61 Å². The van der Waals surface area contributed by atoms with Crippen molar-refractivity contribution in [2.45, 2.75) is 32.0 Å². The van der Waals surface area contributed by atoms with E-state index in [9.17, 15) is 9.18 Å². The van der Waals surface area contributed by atoms with E-state index in [-0.39, 0.29) is 17.5 Å². The lowest BCUT2D eigenvalue weighted by Gasteiger charge is -2.07. The Morgan fingerprint density at radius 1 is 1.06 bits per heavy atom. The minimum absolute atomic E-state index is 0.124. The van der Waals surface area contributed by atoms with Crippen LogP contribution in [-0.4, -0.2) is 41.0 Å². The van der Waals surface area contributed by atoms with Crippen LogP contribution >= 0.6 is 11.8 Å². The summed E-state index contributed by atoms with van der Waals surface area (Å²) in [6.07, 6.45) is 0.618. The molecule has 172 valence electrons. The van der Waals surface area contributed by atoms with Crippen molar-refractivity contribution in [2.75, 3.05) is 11.1 Å². The number of anilines is 1. The summed E-state index contributed by atoms with van der Waals surface area (Å²) in [4.78, 5) is 22.0. The number of carbonyl (C=O) groups excluding carboxylic acids is 1. The van der Waals surface area contributed by atoms with E-state index >= 15 is 0 Å². The number of benzene rings is 2. The number of carbonyl (C=O) groups is 1. The van der Waals surface area contributed by atoms with Gasteiger partial charge in [0.2, 0.25) is 5.91 Å². The number of hydrogen-bond acceptors (Lipinski definition) is 6. The summed E-state index contributed by atoms with van der Waals surface area (Å²) in [6.45, 7) is 4.67. The lowest BCUT2D eigenvalue weighted by Crippen LogP contribution is -2.14. The van der Waals surface area contributed by atoms with Crippen LogP contribution in [0.5, 0.6) is 0 Å². The summed E-state index contributed by atoms with van der Waals surface area (Å²) in [5, 5.41) is 13.4. The van der Waals surface area contributed by atoms with Crippen LogP contribution in [0.4, 0.5) is 10.1 Å². The molecule has 10 heteroatoms. The van der Waals surface area contributed by atoms with E-state index in [2.05, 4.69) is 10.4 Å². The molecule has 5 rings (SSSR count). The topological polar surface area (TPSA) is 90.0 Å². The van der Waals surface area contributed by atoms with Crippen LogP contribution in [0.25, 0.3) is 16.6 Å². The molecule has 0 fully saturated rings. The Morgan fingerprint density at radius 3 is 2.62 bits per heavy atom. The second-order valence-corrected chi connectivity index (χ2v) is 8.86. The molecule has 3 aromatic heterocycles. The van der Waals surface area contributed by atoms with E-state index in [0.29, 0.717) is 35.3 Å². The van der Waals surface area contributed by atoms with Gasteiger partial charge in [-0.3, -0.25) is 9.48 Å². The number of aryl methyl sites for hydroxylation is 4. The molecule has 3 heterocycles. The third kappa shape index (κ3) is 4.62. The maximum atomic E-state index is 13.1. The molecule has 0 atom stereocenters. The minimum Gasteiger partial charge on any atom is -0.325 e. The van der Waals surface area contributed by atoms with Crippen molar-refractivity contribution in [2.24, 2.45) is 0 Å². The number of nitrogens with one attached hydrogen (secondary N) is 1. The Bertz CT molecular complexity index is 1490. The lowest BCUT2D eigenvalue weighted by molar-refractivity contribution is -0.113. The second-order valence-electron chi connectivity index (χ2n) is 7.92. The van der Waals surface area contributed by atoms with Crippen LogP contribution in [-0.2, 0) is 17.8 Å². The fourth-order valence-electron chi connectivity index (χ4n) is 3.74. The van der Waals surface area contributed by atoms with Crippen molar-refractivity contribution in [3.05, 3.63) is 77.6 Å². The molecule has 34 heavy (non-hydrogen) atoms. The van der Waals surface area contributed by atoms with Gasteiger partial charge in [0.25, 0.3) is 0 Å². The Hall–Kier alpha value is -3.79. The van der Waals surface area contributed by atoms with E-state index in [4.69, 9.17) is 15.1 Å². The van der Waals surface area contributed by atoms with Crippen LogP contribution in [0.3, 0.4) is 0 Å². The third-order valence-electron chi connectivity index (χ3n) is 5.30. The first-order valence-corrected chi connectivity index (χ1v) is 11.8. The average Bonchev–Trinajstić information content (AvgIpc) is 3.40. The molecule has 5 aromatic rings. The average molecular weight is 476 g/mol. The molecule has 0 radical (unpaired) electrons. The van der Waals surface area contributed by atoms with Crippen molar-refractivity contribution in [1.29, 1.82) is 0 Å². The second kappa shape index (κ2) is 9.22. The number of rotatable bonds is 7. The molecule has 0 unspecified atom stereocenters. The number of nitrogens with zero attached hydrogens (tertiary/aromatic N) is 6. The highest BCUT2D eigenvalue weighted by atomic mass is 32.2. The number of para-hydroxylation sites is 1. The molecule has 0 aliphatic rings.